The Morgan fingerprint density at radius 1 is 0.966 bits per heavy atom. The van der Waals surface area contributed by atoms with Crippen LogP contribution in [0.15, 0.2) is 41.3 Å². The Morgan fingerprint density at radius 2 is 1.62 bits per heavy atom. The summed E-state index contributed by atoms with van der Waals surface area (Å²) in [6.45, 7) is 2.94. The molecule has 2 aliphatic heterocycles. The van der Waals surface area contributed by atoms with Crippen LogP contribution in [0.3, 0.4) is 0 Å². The normalized spacial score (nSPS) is 19.7. The summed E-state index contributed by atoms with van der Waals surface area (Å²) in [4.78, 5) is 2.17. The standard InChI is InChI=1S/C21H23Cl3N2O2S/c22-17-11-19(24)20(12-18(17)23)29(27,28)21(15-5-8-25-9-6-15)26-10-7-14-3-1-2-4-16(14)13-26/h1-4,11-12,15,21,25H,5-10,13H2. The molecular weight excluding hydrogens is 451 g/mol. The number of nitrogens with one attached hydrogen (secondary N) is 1. The van der Waals surface area contributed by atoms with E-state index in [4.69, 9.17) is 34.8 Å². The predicted molar refractivity (Wildman–Crippen MR) is 119 cm³/mol. The third-order valence-electron chi connectivity index (χ3n) is 5.91. The molecule has 29 heavy (non-hydrogen) atoms. The van der Waals surface area contributed by atoms with Crippen LogP contribution in [-0.2, 0) is 22.8 Å². The second-order valence-corrected chi connectivity index (χ2v) is 10.9. The number of nitrogens with zero attached hydrogens (tertiary/aromatic N) is 1. The van der Waals surface area contributed by atoms with E-state index < -0.39 is 15.2 Å². The number of fused-ring (bicyclic) bond motifs is 1. The molecule has 1 atom stereocenters. The lowest BCUT2D eigenvalue weighted by Crippen LogP contribution is -2.50. The van der Waals surface area contributed by atoms with Crippen LogP contribution in [0.2, 0.25) is 15.1 Å². The highest BCUT2D eigenvalue weighted by Gasteiger charge is 2.41. The molecule has 0 aliphatic carbocycles. The Hall–Kier alpha value is -0.820. The number of piperidine rings is 1. The van der Waals surface area contributed by atoms with Gasteiger partial charge in [0.05, 0.1) is 20.0 Å². The number of benzene rings is 2. The summed E-state index contributed by atoms with van der Waals surface area (Å²) in [5.41, 5.74) is 2.48. The van der Waals surface area contributed by atoms with E-state index in [-0.39, 0.29) is 25.9 Å². The Balaban J connectivity index is 1.76. The number of hydrogen-bond donors (Lipinski definition) is 1. The molecule has 1 N–H and O–H groups in total. The van der Waals surface area contributed by atoms with Gasteiger partial charge in [-0.15, -0.1) is 0 Å². The topological polar surface area (TPSA) is 49.4 Å². The number of halogens is 3. The smallest absolute Gasteiger partial charge is 0.196 e. The van der Waals surface area contributed by atoms with E-state index in [1.165, 1.54) is 23.3 Å². The summed E-state index contributed by atoms with van der Waals surface area (Å²) in [6.07, 6.45) is 2.45. The molecule has 4 nitrogen and oxygen atoms in total. The molecule has 0 radical (unpaired) electrons. The zero-order chi connectivity index (χ0) is 20.6. The lowest BCUT2D eigenvalue weighted by Gasteiger charge is -2.40. The molecule has 1 fully saturated rings. The van der Waals surface area contributed by atoms with Gasteiger partial charge in [-0.1, -0.05) is 59.1 Å². The van der Waals surface area contributed by atoms with Crippen LogP contribution in [0.1, 0.15) is 24.0 Å². The molecule has 1 unspecified atom stereocenters. The van der Waals surface area contributed by atoms with Crippen molar-refractivity contribution in [2.75, 3.05) is 19.6 Å². The predicted octanol–water partition coefficient (Wildman–Crippen LogP) is 4.80. The van der Waals surface area contributed by atoms with Crippen LogP contribution in [0.4, 0.5) is 0 Å². The SMILES string of the molecule is O=S(=O)(c1cc(Cl)c(Cl)cc1Cl)C(C1CCNCC1)N1CCc2ccccc2C1. The number of rotatable bonds is 4. The molecule has 2 aliphatic rings. The summed E-state index contributed by atoms with van der Waals surface area (Å²) >= 11 is 18.5. The molecular formula is C21H23Cl3N2O2S. The third-order valence-corrected chi connectivity index (χ3v) is 9.32. The van der Waals surface area contributed by atoms with Crippen LogP contribution in [0.25, 0.3) is 0 Å². The fraction of sp³-hybridized carbons (Fsp3) is 0.429. The van der Waals surface area contributed by atoms with Gasteiger partial charge in [-0.05, 0) is 61.5 Å². The molecule has 0 bridgehead atoms. The van der Waals surface area contributed by atoms with Crippen LogP contribution in [0, 0.1) is 5.92 Å². The van der Waals surface area contributed by atoms with Gasteiger partial charge in [-0.2, -0.15) is 0 Å². The molecule has 2 heterocycles. The Kier molecular flexibility index (Phi) is 6.45. The zero-order valence-electron chi connectivity index (χ0n) is 15.9. The molecule has 0 aromatic heterocycles. The van der Waals surface area contributed by atoms with E-state index in [0.717, 1.165) is 32.4 Å². The largest absolute Gasteiger partial charge is 0.317 e. The minimum absolute atomic E-state index is 0.0250. The van der Waals surface area contributed by atoms with Crippen molar-refractivity contribution in [3.05, 3.63) is 62.6 Å². The second-order valence-electron chi connectivity index (χ2n) is 7.71. The van der Waals surface area contributed by atoms with E-state index >= 15 is 0 Å². The summed E-state index contributed by atoms with van der Waals surface area (Å²) in [5.74, 6) is 0.0250. The minimum atomic E-state index is -3.75. The van der Waals surface area contributed by atoms with Gasteiger partial charge in [0, 0.05) is 13.1 Å². The summed E-state index contributed by atoms with van der Waals surface area (Å²) in [5, 5.41) is 3.25. The van der Waals surface area contributed by atoms with Gasteiger partial charge in [0.2, 0.25) is 0 Å². The van der Waals surface area contributed by atoms with Gasteiger partial charge in [-0.25, -0.2) is 8.42 Å². The molecule has 156 valence electrons. The van der Waals surface area contributed by atoms with Crippen LogP contribution in [-0.4, -0.2) is 38.3 Å². The van der Waals surface area contributed by atoms with E-state index in [9.17, 15) is 8.42 Å². The maximum Gasteiger partial charge on any atom is 0.196 e. The van der Waals surface area contributed by atoms with E-state index in [1.54, 1.807) is 0 Å². The van der Waals surface area contributed by atoms with E-state index in [1.807, 2.05) is 12.1 Å². The van der Waals surface area contributed by atoms with Crippen molar-refractivity contribution >= 4 is 44.6 Å². The average Bonchev–Trinajstić information content (AvgIpc) is 2.71. The van der Waals surface area contributed by atoms with Gasteiger partial charge >= 0.3 is 0 Å². The van der Waals surface area contributed by atoms with Gasteiger partial charge in [-0.3, -0.25) is 4.90 Å². The van der Waals surface area contributed by atoms with E-state index in [2.05, 4.69) is 22.3 Å². The quantitative estimate of drug-likeness (QED) is 0.648. The van der Waals surface area contributed by atoms with Gasteiger partial charge in [0.25, 0.3) is 0 Å². The van der Waals surface area contributed by atoms with Crippen molar-refractivity contribution in [1.82, 2.24) is 10.2 Å². The van der Waals surface area contributed by atoms with Crippen molar-refractivity contribution in [2.24, 2.45) is 5.92 Å². The Bertz CT molecular complexity index is 1010. The third kappa shape index (κ3) is 4.32. The molecule has 0 amide bonds. The van der Waals surface area contributed by atoms with Gasteiger partial charge in [0.1, 0.15) is 5.37 Å². The molecule has 0 saturated carbocycles. The molecule has 0 spiro atoms. The van der Waals surface area contributed by atoms with Gasteiger partial charge < -0.3 is 5.32 Å². The minimum Gasteiger partial charge on any atom is -0.317 e. The van der Waals surface area contributed by atoms with E-state index in [0.29, 0.717) is 13.1 Å². The van der Waals surface area contributed by atoms with Crippen molar-refractivity contribution in [2.45, 2.75) is 36.1 Å². The van der Waals surface area contributed by atoms with Crippen LogP contribution >= 0.6 is 34.8 Å². The highest BCUT2D eigenvalue weighted by molar-refractivity contribution is 7.92. The monoisotopic (exact) mass is 472 g/mol. The van der Waals surface area contributed by atoms with Crippen molar-refractivity contribution in [3.8, 4) is 0 Å². The first-order valence-electron chi connectivity index (χ1n) is 9.78. The molecule has 1 saturated heterocycles. The maximum atomic E-state index is 13.9. The fourth-order valence-corrected chi connectivity index (χ4v) is 7.62. The number of hydrogen-bond acceptors (Lipinski definition) is 4. The van der Waals surface area contributed by atoms with Crippen molar-refractivity contribution < 1.29 is 8.42 Å². The fourth-order valence-electron chi connectivity index (χ4n) is 4.46. The van der Waals surface area contributed by atoms with Gasteiger partial charge in [0.15, 0.2) is 9.84 Å². The first-order valence-corrected chi connectivity index (χ1v) is 12.5. The Morgan fingerprint density at radius 3 is 2.34 bits per heavy atom. The Labute approximate surface area is 187 Å². The van der Waals surface area contributed by atoms with Crippen LogP contribution in [0.5, 0.6) is 0 Å². The van der Waals surface area contributed by atoms with Crippen molar-refractivity contribution in [1.29, 1.82) is 0 Å². The average molecular weight is 474 g/mol. The maximum absolute atomic E-state index is 13.9. The first kappa shape index (κ1) is 21.4. The lowest BCUT2D eigenvalue weighted by atomic mass is 9.94. The zero-order valence-corrected chi connectivity index (χ0v) is 19.0. The second kappa shape index (κ2) is 8.74. The first-order chi connectivity index (χ1) is 13.9. The molecule has 4 rings (SSSR count). The number of sulfone groups is 1. The summed E-state index contributed by atoms with van der Waals surface area (Å²) in [7, 11) is -3.75. The van der Waals surface area contributed by atoms with Crippen LogP contribution < -0.4 is 5.32 Å². The molecule has 2 aromatic rings. The summed E-state index contributed by atoms with van der Waals surface area (Å²) in [6, 6.07) is 11.1. The molecule has 2 aromatic carbocycles. The lowest BCUT2D eigenvalue weighted by molar-refractivity contribution is 0.159. The summed E-state index contributed by atoms with van der Waals surface area (Å²) < 4.78 is 27.8. The highest BCUT2D eigenvalue weighted by Crippen LogP contribution is 2.38. The highest BCUT2D eigenvalue weighted by atomic mass is 35.5. The van der Waals surface area contributed by atoms with Crippen molar-refractivity contribution in [3.63, 3.8) is 0 Å². The molecule has 8 heteroatoms.